The van der Waals surface area contributed by atoms with Gasteiger partial charge in [-0.2, -0.15) is 0 Å². The molecule has 3 heteroatoms. The highest BCUT2D eigenvalue weighted by Crippen LogP contribution is 2.13. The highest BCUT2D eigenvalue weighted by atomic mass is 15.0. The molecule has 1 saturated heterocycles. The van der Waals surface area contributed by atoms with Gasteiger partial charge < -0.3 is 10.6 Å². The molecule has 0 amide bonds. The molecule has 0 aromatic carbocycles. The van der Waals surface area contributed by atoms with Crippen LogP contribution in [0.3, 0.4) is 0 Å². The fraction of sp³-hybridized carbons (Fsp3) is 1.00. The molecule has 1 heterocycles. The predicted octanol–water partition coefficient (Wildman–Crippen LogP) is 1.12. The van der Waals surface area contributed by atoms with Crippen molar-refractivity contribution in [2.24, 2.45) is 0 Å². The number of hydrogen-bond donors (Lipinski definition) is 2. The fourth-order valence-electron chi connectivity index (χ4n) is 2.10. The largest absolute Gasteiger partial charge is 0.317 e. The minimum atomic E-state index is 0.254. The summed E-state index contributed by atoms with van der Waals surface area (Å²) < 4.78 is 0. The molecule has 0 aromatic rings. The number of hydrogen-bond acceptors (Lipinski definition) is 2. The molecule has 0 bridgehead atoms. The van der Waals surface area contributed by atoms with E-state index >= 15 is 0 Å². The van der Waals surface area contributed by atoms with Gasteiger partial charge in [-0.25, -0.2) is 5.32 Å². The standard InChI is InChI=1S/C12H26N3/c1-4-13-10-7-12(2,3)15-11-5-8-14-9-6-11/h11,13,15H,4-10H2,1-3H3. The van der Waals surface area contributed by atoms with Gasteiger partial charge in [-0.1, -0.05) is 6.92 Å². The molecule has 0 spiro atoms. The van der Waals surface area contributed by atoms with Gasteiger partial charge in [0.2, 0.25) is 0 Å². The summed E-state index contributed by atoms with van der Waals surface area (Å²) >= 11 is 0. The van der Waals surface area contributed by atoms with Gasteiger partial charge in [0.25, 0.3) is 0 Å². The zero-order valence-corrected chi connectivity index (χ0v) is 10.5. The number of rotatable bonds is 6. The van der Waals surface area contributed by atoms with E-state index in [2.05, 4.69) is 36.7 Å². The summed E-state index contributed by atoms with van der Waals surface area (Å²) in [6.45, 7) is 11.0. The van der Waals surface area contributed by atoms with Crippen LogP contribution in [0.5, 0.6) is 0 Å². The molecule has 15 heavy (non-hydrogen) atoms. The minimum Gasteiger partial charge on any atom is -0.317 e. The summed E-state index contributed by atoms with van der Waals surface area (Å²) in [5.41, 5.74) is 0.254. The Morgan fingerprint density at radius 2 is 1.93 bits per heavy atom. The molecule has 1 fully saturated rings. The fourth-order valence-corrected chi connectivity index (χ4v) is 2.10. The Kier molecular flexibility index (Phi) is 5.58. The molecule has 1 aliphatic heterocycles. The lowest BCUT2D eigenvalue weighted by Crippen LogP contribution is -2.50. The second-order valence-corrected chi connectivity index (χ2v) is 5.08. The van der Waals surface area contributed by atoms with Crippen molar-refractivity contribution in [1.82, 2.24) is 16.0 Å². The van der Waals surface area contributed by atoms with Crippen molar-refractivity contribution < 1.29 is 0 Å². The first kappa shape index (κ1) is 12.9. The molecule has 3 nitrogen and oxygen atoms in total. The first-order valence-electron chi connectivity index (χ1n) is 6.26. The number of nitrogens with zero attached hydrogens (tertiary/aromatic N) is 1. The molecule has 1 radical (unpaired) electrons. The molecule has 0 unspecified atom stereocenters. The molecule has 89 valence electrons. The van der Waals surface area contributed by atoms with Crippen LogP contribution < -0.4 is 16.0 Å². The van der Waals surface area contributed by atoms with Crippen molar-refractivity contribution in [3.05, 3.63) is 0 Å². The van der Waals surface area contributed by atoms with E-state index in [0.29, 0.717) is 6.04 Å². The van der Waals surface area contributed by atoms with Crippen LogP contribution in [-0.4, -0.2) is 37.8 Å². The summed E-state index contributed by atoms with van der Waals surface area (Å²) in [4.78, 5) is 0. The van der Waals surface area contributed by atoms with E-state index in [9.17, 15) is 0 Å². The molecule has 0 aromatic heterocycles. The van der Waals surface area contributed by atoms with Crippen molar-refractivity contribution in [1.29, 1.82) is 0 Å². The Morgan fingerprint density at radius 1 is 1.27 bits per heavy atom. The highest BCUT2D eigenvalue weighted by molar-refractivity contribution is 4.85. The van der Waals surface area contributed by atoms with Gasteiger partial charge in [0.1, 0.15) is 0 Å². The Labute approximate surface area is 94.4 Å². The average Bonchev–Trinajstić information content (AvgIpc) is 2.18. The predicted molar refractivity (Wildman–Crippen MR) is 65.3 cm³/mol. The van der Waals surface area contributed by atoms with Crippen LogP contribution in [0.1, 0.15) is 40.0 Å². The smallest absolute Gasteiger partial charge is 0.0148 e. The second-order valence-electron chi connectivity index (χ2n) is 5.08. The maximum Gasteiger partial charge on any atom is 0.0148 e. The summed E-state index contributed by atoms with van der Waals surface area (Å²) in [6, 6.07) is 0.680. The van der Waals surface area contributed by atoms with Crippen LogP contribution in [0.2, 0.25) is 0 Å². The topological polar surface area (TPSA) is 38.2 Å². The summed E-state index contributed by atoms with van der Waals surface area (Å²) in [7, 11) is 0. The maximum absolute atomic E-state index is 4.38. The normalized spacial score (nSPS) is 19.4. The summed E-state index contributed by atoms with van der Waals surface area (Å²) in [6.07, 6.45) is 3.61. The quantitative estimate of drug-likeness (QED) is 0.648. The number of piperidine rings is 1. The first-order chi connectivity index (χ1) is 7.14. The van der Waals surface area contributed by atoms with Crippen molar-refractivity contribution in [2.75, 3.05) is 26.2 Å². The van der Waals surface area contributed by atoms with Crippen LogP contribution in [0.4, 0.5) is 0 Å². The van der Waals surface area contributed by atoms with E-state index in [0.717, 1.165) is 26.2 Å². The lowest BCUT2D eigenvalue weighted by atomic mass is 9.96. The van der Waals surface area contributed by atoms with E-state index < -0.39 is 0 Å². The van der Waals surface area contributed by atoms with Crippen LogP contribution >= 0.6 is 0 Å². The van der Waals surface area contributed by atoms with Gasteiger partial charge >= 0.3 is 0 Å². The molecule has 0 saturated carbocycles. The van der Waals surface area contributed by atoms with Gasteiger partial charge in [0.05, 0.1) is 0 Å². The van der Waals surface area contributed by atoms with E-state index in [1.54, 1.807) is 0 Å². The Morgan fingerprint density at radius 3 is 2.53 bits per heavy atom. The van der Waals surface area contributed by atoms with E-state index in [-0.39, 0.29) is 5.54 Å². The molecule has 0 aliphatic carbocycles. The number of nitrogens with one attached hydrogen (secondary N) is 2. The molecule has 1 rings (SSSR count). The Balaban J connectivity index is 2.20. The van der Waals surface area contributed by atoms with Crippen LogP contribution in [0.15, 0.2) is 0 Å². The minimum absolute atomic E-state index is 0.254. The molecular weight excluding hydrogens is 186 g/mol. The van der Waals surface area contributed by atoms with Gasteiger partial charge in [0.15, 0.2) is 0 Å². The summed E-state index contributed by atoms with van der Waals surface area (Å²) in [5, 5.41) is 11.5. The zero-order chi connectivity index (χ0) is 11.1. The van der Waals surface area contributed by atoms with Crippen LogP contribution in [0.25, 0.3) is 0 Å². The van der Waals surface area contributed by atoms with E-state index in [4.69, 9.17) is 0 Å². The van der Waals surface area contributed by atoms with E-state index in [1.165, 1.54) is 19.3 Å². The van der Waals surface area contributed by atoms with E-state index in [1.807, 2.05) is 0 Å². The maximum atomic E-state index is 4.38. The first-order valence-corrected chi connectivity index (χ1v) is 6.26. The third-order valence-corrected chi connectivity index (χ3v) is 3.04. The third-order valence-electron chi connectivity index (χ3n) is 3.04. The third kappa shape index (κ3) is 5.50. The van der Waals surface area contributed by atoms with Gasteiger partial charge in [-0.3, -0.25) is 0 Å². The second kappa shape index (κ2) is 6.46. The SMILES string of the molecule is CCNCCC(C)(C)NC1CC[N]CC1. The van der Waals surface area contributed by atoms with Gasteiger partial charge in [-0.05, 0) is 46.2 Å². The Bertz CT molecular complexity index is 162. The molecular formula is C12H26N3. The van der Waals surface area contributed by atoms with Crippen molar-refractivity contribution >= 4 is 0 Å². The molecule has 1 aliphatic rings. The highest BCUT2D eigenvalue weighted by Gasteiger charge is 2.22. The summed E-state index contributed by atoms with van der Waals surface area (Å²) in [5.74, 6) is 0. The van der Waals surface area contributed by atoms with Crippen molar-refractivity contribution in [2.45, 2.75) is 51.6 Å². The lowest BCUT2D eigenvalue weighted by Gasteiger charge is -2.34. The molecule has 2 N–H and O–H groups in total. The molecule has 0 atom stereocenters. The lowest BCUT2D eigenvalue weighted by molar-refractivity contribution is 0.271. The van der Waals surface area contributed by atoms with Crippen LogP contribution in [-0.2, 0) is 0 Å². The van der Waals surface area contributed by atoms with Crippen LogP contribution in [0, 0.1) is 0 Å². The van der Waals surface area contributed by atoms with Gasteiger partial charge in [-0.15, -0.1) is 0 Å². The zero-order valence-electron chi connectivity index (χ0n) is 10.5. The average molecular weight is 212 g/mol. The monoisotopic (exact) mass is 212 g/mol. The van der Waals surface area contributed by atoms with Crippen molar-refractivity contribution in [3.8, 4) is 0 Å². The Hall–Kier alpha value is -0.120. The van der Waals surface area contributed by atoms with Crippen molar-refractivity contribution in [3.63, 3.8) is 0 Å². The van der Waals surface area contributed by atoms with Gasteiger partial charge in [0, 0.05) is 24.7 Å².